The highest BCUT2D eigenvalue weighted by Crippen LogP contribution is 2.10. The van der Waals surface area contributed by atoms with E-state index in [1.807, 2.05) is 6.92 Å². The molecule has 0 aromatic heterocycles. The van der Waals surface area contributed by atoms with E-state index in [1.54, 1.807) is 6.08 Å². The number of nitrogens with two attached hydrogens (primary N) is 1. The smallest absolute Gasteiger partial charge is 0.245 e. The number of carbonyl (C=O) groups is 2. The molecule has 1 heterocycles. The van der Waals surface area contributed by atoms with Crippen molar-refractivity contribution in [3.63, 3.8) is 0 Å². The van der Waals surface area contributed by atoms with Gasteiger partial charge in [0.2, 0.25) is 11.8 Å². The number of amides is 2. The number of nitrogens with zero attached hydrogens (tertiary/aromatic N) is 1. The third kappa shape index (κ3) is 3.54. The van der Waals surface area contributed by atoms with E-state index in [-0.39, 0.29) is 18.4 Å². The van der Waals surface area contributed by atoms with E-state index in [0.29, 0.717) is 26.1 Å². The average molecular weight is 255 g/mol. The maximum Gasteiger partial charge on any atom is 0.245 e. The Labute approximate surface area is 107 Å². The molecule has 1 saturated heterocycles. The first-order chi connectivity index (χ1) is 8.61. The summed E-state index contributed by atoms with van der Waals surface area (Å²) < 4.78 is 5.25. The molecule has 3 N–H and O–H groups in total. The van der Waals surface area contributed by atoms with Gasteiger partial charge in [-0.25, -0.2) is 0 Å². The van der Waals surface area contributed by atoms with Crippen molar-refractivity contribution in [3.05, 3.63) is 12.7 Å². The zero-order valence-electron chi connectivity index (χ0n) is 10.7. The molecular formula is C12H21N3O3. The number of nitrogens with one attached hydrogen (secondary N) is 1. The Kier molecular flexibility index (Phi) is 5.80. The normalized spacial score (nSPS) is 21.2. The lowest BCUT2D eigenvalue weighted by molar-refractivity contribution is -0.149. The van der Waals surface area contributed by atoms with Gasteiger partial charge in [0, 0.05) is 13.1 Å². The number of morpholine rings is 1. The summed E-state index contributed by atoms with van der Waals surface area (Å²) >= 11 is 0. The van der Waals surface area contributed by atoms with E-state index in [1.165, 1.54) is 4.90 Å². The second kappa shape index (κ2) is 7.13. The minimum atomic E-state index is -0.641. The van der Waals surface area contributed by atoms with Gasteiger partial charge in [-0.05, 0) is 13.3 Å². The second-order valence-electron chi connectivity index (χ2n) is 4.15. The number of likely N-dealkylation sites (N-methyl/N-ethyl adjacent to an activating group) is 1. The summed E-state index contributed by atoms with van der Waals surface area (Å²) in [6, 6.07) is -1.22. The molecule has 6 nitrogen and oxygen atoms in total. The lowest BCUT2D eigenvalue weighted by atomic mass is 10.1. The highest BCUT2D eigenvalue weighted by atomic mass is 16.5. The third-order valence-corrected chi connectivity index (χ3v) is 2.80. The molecule has 0 bridgehead atoms. The van der Waals surface area contributed by atoms with Gasteiger partial charge < -0.3 is 20.7 Å². The van der Waals surface area contributed by atoms with Crippen LogP contribution in [-0.2, 0) is 14.3 Å². The van der Waals surface area contributed by atoms with E-state index in [0.717, 1.165) is 0 Å². The van der Waals surface area contributed by atoms with Crippen LogP contribution in [0.5, 0.6) is 0 Å². The van der Waals surface area contributed by atoms with E-state index in [2.05, 4.69) is 11.9 Å². The van der Waals surface area contributed by atoms with Gasteiger partial charge in [0.1, 0.15) is 6.04 Å². The molecule has 0 saturated carbocycles. The summed E-state index contributed by atoms with van der Waals surface area (Å²) in [7, 11) is 0. The molecular weight excluding hydrogens is 234 g/mol. The summed E-state index contributed by atoms with van der Waals surface area (Å²) in [6.07, 6.45) is 2.00. The van der Waals surface area contributed by atoms with Gasteiger partial charge >= 0.3 is 0 Å². The van der Waals surface area contributed by atoms with Gasteiger partial charge in [0.05, 0.1) is 19.3 Å². The van der Waals surface area contributed by atoms with Crippen LogP contribution in [0, 0.1) is 0 Å². The molecule has 1 fully saturated rings. The Morgan fingerprint density at radius 1 is 1.67 bits per heavy atom. The van der Waals surface area contributed by atoms with Crippen LogP contribution in [0.25, 0.3) is 0 Å². The van der Waals surface area contributed by atoms with Crippen LogP contribution in [0.1, 0.15) is 13.3 Å². The fraction of sp³-hybridized carbons (Fsp3) is 0.667. The molecule has 2 atom stereocenters. The lowest BCUT2D eigenvalue weighted by Gasteiger charge is -2.35. The topological polar surface area (TPSA) is 84.7 Å². The minimum absolute atomic E-state index is 0.198. The third-order valence-electron chi connectivity index (χ3n) is 2.80. The van der Waals surface area contributed by atoms with E-state index in [4.69, 9.17) is 10.5 Å². The zero-order valence-corrected chi connectivity index (χ0v) is 10.7. The first kappa shape index (κ1) is 14.7. The molecule has 2 unspecified atom stereocenters. The predicted molar refractivity (Wildman–Crippen MR) is 67.8 cm³/mol. The van der Waals surface area contributed by atoms with Crippen molar-refractivity contribution in [1.29, 1.82) is 0 Å². The van der Waals surface area contributed by atoms with E-state index < -0.39 is 12.1 Å². The molecule has 1 aliphatic rings. The van der Waals surface area contributed by atoms with Gasteiger partial charge in [-0.3, -0.25) is 9.59 Å². The van der Waals surface area contributed by atoms with Crippen LogP contribution < -0.4 is 11.1 Å². The molecule has 1 aliphatic heterocycles. The maximum atomic E-state index is 12.1. The molecule has 6 heteroatoms. The van der Waals surface area contributed by atoms with Gasteiger partial charge in [0.15, 0.2) is 0 Å². The molecule has 2 amide bonds. The second-order valence-corrected chi connectivity index (χ2v) is 4.15. The number of carbonyl (C=O) groups excluding carboxylic acids is 2. The van der Waals surface area contributed by atoms with Crippen molar-refractivity contribution in [2.24, 2.45) is 5.73 Å². The van der Waals surface area contributed by atoms with Crippen molar-refractivity contribution >= 4 is 11.8 Å². The molecule has 1 rings (SSSR count). The SMILES string of the molecule is C=CCC(N)C(=O)N1CCOCC1C(=O)NCC. The minimum Gasteiger partial charge on any atom is -0.377 e. The summed E-state index contributed by atoms with van der Waals surface area (Å²) in [6.45, 7) is 6.96. The average Bonchev–Trinajstić information content (AvgIpc) is 2.38. The van der Waals surface area contributed by atoms with Crippen LogP contribution in [0.2, 0.25) is 0 Å². The standard InChI is InChI=1S/C12H21N3O3/c1-3-5-9(13)12(17)15-6-7-18-8-10(15)11(16)14-4-2/h3,9-10H,1,4-8,13H2,2H3,(H,14,16). The first-order valence-electron chi connectivity index (χ1n) is 6.14. The van der Waals surface area contributed by atoms with E-state index in [9.17, 15) is 9.59 Å². The Bertz CT molecular complexity index is 320. The Hall–Kier alpha value is -1.40. The van der Waals surface area contributed by atoms with Crippen molar-refractivity contribution in [3.8, 4) is 0 Å². The summed E-state index contributed by atoms with van der Waals surface area (Å²) in [5, 5.41) is 2.70. The molecule has 0 aromatic carbocycles. The van der Waals surface area contributed by atoms with Gasteiger partial charge in [0.25, 0.3) is 0 Å². The Morgan fingerprint density at radius 3 is 3.00 bits per heavy atom. The number of ether oxygens (including phenoxy) is 1. The zero-order chi connectivity index (χ0) is 13.5. The van der Waals surface area contributed by atoms with Crippen LogP contribution in [0.4, 0.5) is 0 Å². The molecule has 0 radical (unpaired) electrons. The molecule has 0 aliphatic carbocycles. The van der Waals surface area contributed by atoms with Gasteiger partial charge in [-0.2, -0.15) is 0 Å². The number of rotatable bonds is 5. The molecule has 0 spiro atoms. The van der Waals surface area contributed by atoms with Gasteiger partial charge in [-0.1, -0.05) is 6.08 Å². The highest BCUT2D eigenvalue weighted by molar-refractivity contribution is 5.90. The lowest BCUT2D eigenvalue weighted by Crippen LogP contribution is -2.59. The van der Waals surface area contributed by atoms with Crippen LogP contribution in [0.3, 0.4) is 0 Å². The largest absolute Gasteiger partial charge is 0.377 e. The fourth-order valence-corrected chi connectivity index (χ4v) is 1.87. The monoisotopic (exact) mass is 255 g/mol. The summed E-state index contributed by atoms with van der Waals surface area (Å²) in [5.41, 5.74) is 5.76. The Morgan fingerprint density at radius 2 is 2.39 bits per heavy atom. The number of hydrogen-bond acceptors (Lipinski definition) is 4. The van der Waals surface area contributed by atoms with Crippen LogP contribution in [-0.4, -0.2) is 55.1 Å². The van der Waals surface area contributed by atoms with Crippen molar-refractivity contribution in [2.45, 2.75) is 25.4 Å². The predicted octanol–water partition coefficient (Wildman–Crippen LogP) is -0.747. The molecule has 102 valence electrons. The van der Waals surface area contributed by atoms with Crippen molar-refractivity contribution in [2.75, 3.05) is 26.3 Å². The van der Waals surface area contributed by atoms with Crippen molar-refractivity contribution in [1.82, 2.24) is 10.2 Å². The molecule has 18 heavy (non-hydrogen) atoms. The maximum absolute atomic E-state index is 12.1. The van der Waals surface area contributed by atoms with E-state index >= 15 is 0 Å². The van der Waals surface area contributed by atoms with Crippen molar-refractivity contribution < 1.29 is 14.3 Å². The first-order valence-corrected chi connectivity index (χ1v) is 6.14. The highest BCUT2D eigenvalue weighted by Gasteiger charge is 2.34. The summed E-state index contributed by atoms with van der Waals surface area (Å²) in [5.74, 6) is -0.425. The van der Waals surface area contributed by atoms with Crippen LogP contribution in [0.15, 0.2) is 12.7 Å². The molecule has 0 aromatic rings. The number of hydrogen-bond donors (Lipinski definition) is 2. The summed E-state index contributed by atoms with van der Waals surface area (Å²) in [4.78, 5) is 25.5. The fourth-order valence-electron chi connectivity index (χ4n) is 1.87. The van der Waals surface area contributed by atoms with Crippen LogP contribution >= 0.6 is 0 Å². The quantitative estimate of drug-likeness (QED) is 0.633. The van der Waals surface area contributed by atoms with Gasteiger partial charge in [-0.15, -0.1) is 6.58 Å². The Balaban J connectivity index is 2.72.